The summed E-state index contributed by atoms with van der Waals surface area (Å²) in [6.45, 7) is 0.904. The molecule has 1 amide bonds. The van der Waals surface area contributed by atoms with Crippen molar-refractivity contribution in [2.75, 3.05) is 18.8 Å². The van der Waals surface area contributed by atoms with Crippen molar-refractivity contribution < 1.29 is 22.5 Å². The normalized spacial score (nSPS) is 16.2. The molecule has 2 aromatic rings. The number of benzene rings is 1. The SMILES string of the molecule is Nc1cc(C2CCN(C(=O)c3ccc(C(F)(F)F)cc3Cl)CC2)no1. The Kier molecular flexibility index (Phi) is 4.64. The van der Waals surface area contributed by atoms with Crippen LogP contribution < -0.4 is 5.73 Å². The summed E-state index contributed by atoms with van der Waals surface area (Å²) in [6, 6.07) is 4.43. The Labute approximate surface area is 146 Å². The van der Waals surface area contributed by atoms with Gasteiger partial charge in [-0.2, -0.15) is 13.2 Å². The third-order valence-corrected chi connectivity index (χ3v) is 4.59. The fraction of sp³-hybridized carbons (Fsp3) is 0.375. The predicted molar refractivity (Wildman–Crippen MR) is 85.2 cm³/mol. The molecule has 0 saturated carbocycles. The van der Waals surface area contributed by atoms with E-state index in [-0.39, 0.29) is 28.3 Å². The van der Waals surface area contributed by atoms with Crippen molar-refractivity contribution in [1.29, 1.82) is 0 Å². The molecule has 0 spiro atoms. The van der Waals surface area contributed by atoms with E-state index in [0.29, 0.717) is 25.9 Å². The standard InChI is InChI=1S/C16H15ClF3N3O2/c17-12-7-10(16(18,19)20)1-2-11(12)15(24)23-5-3-9(4-6-23)13-8-14(21)25-22-13/h1-2,7-9H,3-6,21H2. The van der Waals surface area contributed by atoms with Crippen LogP contribution in [0.4, 0.5) is 19.1 Å². The van der Waals surface area contributed by atoms with E-state index < -0.39 is 11.7 Å². The molecule has 1 aromatic heterocycles. The second kappa shape index (κ2) is 6.59. The van der Waals surface area contributed by atoms with E-state index in [1.54, 1.807) is 11.0 Å². The summed E-state index contributed by atoms with van der Waals surface area (Å²) in [5.41, 5.74) is 5.45. The van der Waals surface area contributed by atoms with Crippen LogP contribution in [0.1, 0.15) is 40.4 Å². The van der Waals surface area contributed by atoms with E-state index in [9.17, 15) is 18.0 Å². The van der Waals surface area contributed by atoms with Crippen LogP contribution >= 0.6 is 11.6 Å². The second-order valence-corrected chi connectivity index (χ2v) is 6.32. The third kappa shape index (κ3) is 3.73. The van der Waals surface area contributed by atoms with Gasteiger partial charge in [0.25, 0.3) is 5.91 Å². The zero-order valence-electron chi connectivity index (χ0n) is 13.0. The van der Waals surface area contributed by atoms with Gasteiger partial charge in [0.15, 0.2) is 0 Å². The number of hydrogen-bond acceptors (Lipinski definition) is 4. The van der Waals surface area contributed by atoms with Gasteiger partial charge < -0.3 is 15.2 Å². The molecule has 2 N–H and O–H groups in total. The first kappa shape index (κ1) is 17.6. The predicted octanol–water partition coefficient (Wildman–Crippen LogP) is 3.95. The first-order valence-electron chi connectivity index (χ1n) is 7.64. The lowest BCUT2D eigenvalue weighted by atomic mass is 9.93. The summed E-state index contributed by atoms with van der Waals surface area (Å²) < 4.78 is 42.9. The lowest BCUT2D eigenvalue weighted by molar-refractivity contribution is -0.137. The van der Waals surface area contributed by atoms with Gasteiger partial charge in [-0.3, -0.25) is 4.79 Å². The van der Waals surface area contributed by atoms with E-state index in [4.69, 9.17) is 21.9 Å². The van der Waals surface area contributed by atoms with Gasteiger partial charge in [-0.15, -0.1) is 0 Å². The number of carbonyl (C=O) groups excluding carboxylic acids is 1. The molecule has 1 aliphatic rings. The quantitative estimate of drug-likeness (QED) is 0.865. The van der Waals surface area contributed by atoms with E-state index in [1.807, 2.05) is 0 Å². The Bertz CT molecular complexity index is 783. The Morgan fingerprint density at radius 1 is 1.28 bits per heavy atom. The average Bonchev–Trinajstić information content (AvgIpc) is 3.00. The van der Waals surface area contributed by atoms with Crippen LogP contribution in [-0.4, -0.2) is 29.1 Å². The van der Waals surface area contributed by atoms with Crippen molar-refractivity contribution in [2.45, 2.75) is 24.9 Å². The number of piperidine rings is 1. The van der Waals surface area contributed by atoms with Crippen LogP contribution in [0, 0.1) is 0 Å². The molecule has 5 nitrogen and oxygen atoms in total. The summed E-state index contributed by atoms with van der Waals surface area (Å²) in [5, 5.41) is 3.68. The minimum absolute atomic E-state index is 0.0683. The van der Waals surface area contributed by atoms with Gasteiger partial charge >= 0.3 is 6.18 Å². The molecule has 0 unspecified atom stereocenters. The molecule has 2 heterocycles. The van der Waals surface area contributed by atoms with E-state index in [0.717, 1.165) is 23.9 Å². The lowest BCUT2D eigenvalue weighted by Gasteiger charge is -2.31. The lowest BCUT2D eigenvalue weighted by Crippen LogP contribution is -2.38. The summed E-state index contributed by atoms with van der Waals surface area (Å²) in [6.07, 6.45) is -3.17. The first-order chi connectivity index (χ1) is 11.8. The van der Waals surface area contributed by atoms with Crippen LogP contribution in [0.5, 0.6) is 0 Å². The Balaban J connectivity index is 1.68. The highest BCUT2D eigenvalue weighted by atomic mass is 35.5. The zero-order chi connectivity index (χ0) is 18.2. The molecule has 1 aliphatic heterocycles. The van der Waals surface area contributed by atoms with Gasteiger partial charge in [0.05, 0.1) is 21.8 Å². The van der Waals surface area contributed by atoms with E-state index in [2.05, 4.69) is 5.16 Å². The second-order valence-electron chi connectivity index (χ2n) is 5.91. The highest BCUT2D eigenvalue weighted by molar-refractivity contribution is 6.33. The smallest absolute Gasteiger partial charge is 0.368 e. The van der Waals surface area contributed by atoms with Crippen LogP contribution in [0.25, 0.3) is 0 Å². The van der Waals surface area contributed by atoms with Gasteiger partial charge in [-0.05, 0) is 31.0 Å². The summed E-state index contributed by atoms with van der Waals surface area (Å²) in [5.74, 6) is -0.00457. The van der Waals surface area contributed by atoms with Gasteiger partial charge in [0, 0.05) is 25.1 Å². The average molecular weight is 374 g/mol. The third-order valence-electron chi connectivity index (χ3n) is 4.27. The fourth-order valence-electron chi connectivity index (χ4n) is 2.91. The van der Waals surface area contributed by atoms with Crippen molar-refractivity contribution in [1.82, 2.24) is 10.1 Å². The van der Waals surface area contributed by atoms with Crippen molar-refractivity contribution in [2.24, 2.45) is 0 Å². The number of alkyl halides is 3. The largest absolute Gasteiger partial charge is 0.416 e. The molecule has 1 saturated heterocycles. The Hall–Kier alpha value is -2.22. The molecular weight excluding hydrogens is 359 g/mol. The van der Waals surface area contributed by atoms with Crippen LogP contribution in [0.3, 0.4) is 0 Å². The van der Waals surface area contributed by atoms with Crippen LogP contribution in [0.2, 0.25) is 5.02 Å². The molecule has 0 atom stereocenters. The van der Waals surface area contributed by atoms with Gasteiger partial charge in [0.2, 0.25) is 5.88 Å². The molecule has 9 heteroatoms. The number of carbonyl (C=O) groups is 1. The van der Waals surface area contributed by atoms with Crippen molar-refractivity contribution in [3.05, 3.63) is 46.1 Å². The molecule has 3 rings (SSSR count). The molecule has 25 heavy (non-hydrogen) atoms. The molecule has 0 radical (unpaired) electrons. The minimum Gasteiger partial charge on any atom is -0.368 e. The first-order valence-corrected chi connectivity index (χ1v) is 8.01. The number of nitrogens with zero attached hydrogens (tertiary/aromatic N) is 2. The molecular formula is C16H15ClF3N3O2. The number of anilines is 1. The minimum atomic E-state index is -4.50. The number of aromatic nitrogens is 1. The van der Waals surface area contributed by atoms with Crippen molar-refractivity contribution in [3.8, 4) is 0 Å². The molecule has 134 valence electrons. The van der Waals surface area contributed by atoms with Crippen LogP contribution in [0.15, 0.2) is 28.8 Å². The number of nitrogens with two attached hydrogens (primary N) is 1. The zero-order valence-corrected chi connectivity index (χ0v) is 13.8. The number of rotatable bonds is 2. The number of likely N-dealkylation sites (tertiary alicyclic amines) is 1. The number of halogens is 4. The van der Waals surface area contributed by atoms with E-state index in [1.165, 1.54) is 0 Å². The monoisotopic (exact) mass is 373 g/mol. The molecule has 0 bridgehead atoms. The highest BCUT2D eigenvalue weighted by Gasteiger charge is 2.32. The topological polar surface area (TPSA) is 72.4 Å². The van der Waals surface area contributed by atoms with Crippen LogP contribution in [-0.2, 0) is 6.18 Å². The number of hydrogen-bond donors (Lipinski definition) is 1. The molecule has 1 aromatic carbocycles. The molecule has 1 fully saturated rings. The summed E-state index contributed by atoms with van der Waals surface area (Å²) >= 11 is 5.89. The summed E-state index contributed by atoms with van der Waals surface area (Å²) in [4.78, 5) is 14.1. The maximum atomic E-state index is 12.7. The Morgan fingerprint density at radius 3 is 2.48 bits per heavy atom. The maximum absolute atomic E-state index is 12.7. The number of amides is 1. The maximum Gasteiger partial charge on any atom is 0.416 e. The van der Waals surface area contributed by atoms with Gasteiger partial charge in [-0.1, -0.05) is 16.8 Å². The van der Waals surface area contributed by atoms with Crippen molar-refractivity contribution in [3.63, 3.8) is 0 Å². The molecule has 0 aliphatic carbocycles. The van der Waals surface area contributed by atoms with Crippen molar-refractivity contribution >= 4 is 23.4 Å². The fourth-order valence-corrected chi connectivity index (χ4v) is 3.17. The summed E-state index contributed by atoms with van der Waals surface area (Å²) in [7, 11) is 0. The number of nitrogen functional groups attached to an aromatic ring is 1. The highest BCUT2D eigenvalue weighted by Crippen LogP contribution is 2.33. The van der Waals surface area contributed by atoms with Gasteiger partial charge in [0.1, 0.15) is 0 Å². The Morgan fingerprint density at radius 2 is 1.96 bits per heavy atom. The van der Waals surface area contributed by atoms with E-state index >= 15 is 0 Å². The van der Waals surface area contributed by atoms with Gasteiger partial charge in [-0.25, -0.2) is 0 Å².